The van der Waals surface area contributed by atoms with Crippen LogP contribution in [0.1, 0.15) is 39.0 Å². The van der Waals surface area contributed by atoms with E-state index in [1.54, 1.807) is 0 Å². The highest BCUT2D eigenvalue weighted by atomic mass is 32.2. The Hall–Kier alpha value is -1.47. The normalized spacial score (nSPS) is 18.8. The molecule has 0 aromatic heterocycles. The summed E-state index contributed by atoms with van der Waals surface area (Å²) in [6, 6.07) is 12.2. The van der Waals surface area contributed by atoms with Crippen molar-refractivity contribution in [2.75, 3.05) is 0 Å². The summed E-state index contributed by atoms with van der Waals surface area (Å²) in [6.45, 7) is 1.89. The van der Waals surface area contributed by atoms with Crippen LogP contribution in [0.5, 0.6) is 0 Å². The molecule has 1 N–H and O–H groups in total. The Balaban J connectivity index is 1.95. The highest BCUT2D eigenvalue weighted by Gasteiger charge is 2.34. The van der Waals surface area contributed by atoms with Crippen molar-refractivity contribution in [3.8, 4) is 6.07 Å². The fourth-order valence-electron chi connectivity index (χ4n) is 2.51. The van der Waals surface area contributed by atoms with Gasteiger partial charge in [0.2, 0.25) is 5.91 Å². The second kappa shape index (κ2) is 6.81. The van der Waals surface area contributed by atoms with Gasteiger partial charge in [-0.2, -0.15) is 5.26 Å². The highest BCUT2D eigenvalue weighted by Crippen LogP contribution is 2.29. The van der Waals surface area contributed by atoms with Gasteiger partial charge in [-0.25, -0.2) is 0 Å². The van der Waals surface area contributed by atoms with Crippen molar-refractivity contribution in [1.82, 2.24) is 5.32 Å². The lowest BCUT2D eigenvalue weighted by atomic mass is 9.83. The summed E-state index contributed by atoms with van der Waals surface area (Å²) in [6.07, 6.45) is 4.76. The number of rotatable bonds is 4. The molecule has 1 saturated carbocycles. The van der Waals surface area contributed by atoms with Crippen LogP contribution in [0.2, 0.25) is 0 Å². The molecule has 0 unspecified atom stereocenters. The van der Waals surface area contributed by atoms with E-state index in [1.165, 1.54) is 11.8 Å². The maximum absolute atomic E-state index is 12.3. The topological polar surface area (TPSA) is 52.9 Å². The fourth-order valence-corrected chi connectivity index (χ4v) is 3.40. The van der Waals surface area contributed by atoms with Gasteiger partial charge < -0.3 is 5.32 Å². The van der Waals surface area contributed by atoms with Gasteiger partial charge in [0.1, 0.15) is 5.54 Å². The molecule has 0 bridgehead atoms. The maximum atomic E-state index is 12.3. The fraction of sp³-hybridized carbons (Fsp3) is 0.500. The van der Waals surface area contributed by atoms with E-state index in [4.69, 9.17) is 0 Å². The summed E-state index contributed by atoms with van der Waals surface area (Å²) in [5.74, 6) is -0.0395. The Kier molecular flexibility index (Phi) is 5.08. The largest absolute Gasteiger partial charge is 0.337 e. The highest BCUT2D eigenvalue weighted by molar-refractivity contribution is 8.00. The SMILES string of the molecule is C[C@H](Sc1ccccc1)C(=O)NC1(C#N)CCCCC1. The van der Waals surface area contributed by atoms with Gasteiger partial charge in [0.15, 0.2) is 0 Å². The Labute approximate surface area is 124 Å². The Morgan fingerprint density at radius 2 is 1.95 bits per heavy atom. The summed E-state index contributed by atoms with van der Waals surface area (Å²) in [4.78, 5) is 13.4. The molecule has 0 aliphatic heterocycles. The number of carbonyl (C=O) groups excluding carboxylic acids is 1. The van der Waals surface area contributed by atoms with Crippen LogP contribution < -0.4 is 5.32 Å². The monoisotopic (exact) mass is 288 g/mol. The number of nitriles is 1. The number of benzene rings is 1. The van der Waals surface area contributed by atoms with Crippen LogP contribution in [0.4, 0.5) is 0 Å². The van der Waals surface area contributed by atoms with E-state index in [2.05, 4.69) is 11.4 Å². The number of thioether (sulfide) groups is 1. The van der Waals surface area contributed by atoms with Crippen LogP contribution in [-0.4, -0.2) is 16.7 Å². The van der Waals surface area contributed by atoms with Crippen LogP contribution in [0.3, 0.4) is 0 Å². The van der Waals surface area contributed by atoms with Crippen LogP contribution in [0, 0.1) is 11.3 Å². The van der Waals surface area contributed by atoms with E-state index >= 15 is 0 Å². The molecule has 0 saturated heterocycles. The second-order valence-corrected chi connectivity index (χ2v) is 6.73. The summed E-state index contributed by atoms with van der Waals surface area (Å²) in [5, 5.41) is 12.2. The third-order valence-electron chi connectivity index (χ3n) is 3.71. The van der Waals surface area contributed by atoms with Gasteiger partial charge >= 0.3 is 0 Å². The molecule has 0 radical (unpaired) electrons. The number of nitrogens with one attached hydrogen (secondary N) is 1. The predicted molar refractivity (Wildman–Crippen MR) is 81.3 cm³/mol. The smallest absolute Gasteiger partial charge is 0.234 e. The zero-order valence-electron chi connectivity index (χ0n) is 11.8. The average Bonchev–Trinajstić information content (AvgIpc) is 2.49. The molecule has 1 aromatic carbocycles. The van der Waals surface area contributed by atoms with Gasteiger partial charge in [-0.1, -0.05) is 37.5 Å². The molecule has 1 fully saturated rings. The van der Waals surface area contributed by atoms with E-state index in [0.717, 1.165) is 37.0 Å². The molecule has 1 aromatic rings. The number of hydrogen-bond donors (Lipinski definition) is 1. The Morgan fingerprint density at radius 3 is 2.55 bits per heavy atom. The van der Waals surface area contributed by atoms with Crippen LogP contribution in [0.25, 0.3) is 0 Å². The van der Waals surface area contributed by atoms with Gasteiger partial charge in [0, 0.05) is 4.90 Å². The molecule has 3 nitrogen and oxygen atoms in total. The van der Waals surface area contributed by atoms with E-state index in [-0.39, 0.29) is 11.2 Å². The quantitative estimate of drug-likeness (QED) is 0.863. The Morgan fingerprint density at radius 1 is 1.30 bits per heavy atom. The van der Waals surface area contributed by atoms with Crippen molar-refractivity contribution in [2.45, 2.75) is 54.7 Å². The van der Waals surface area contributed by atoms with Gasteiger partial charge in [0.05, 0.1) is 11.3 Å². The first-order valence-corrected chi connectivity index (χ1v) is 7.98. The maximum Gasteiger partial charge on any atom is 0.234 e. The number of carbonyl (C=O) groups is 1. The number of amides is 1. The predicted octanol–water partition coefficient (Wildman–Crippen LogP) is 3.51. The zero-order chi connectivity index (χ0) is 14.4. The third kappa shape index (κ3) is 3.77. The van der Waals surface area contributed by atoms with Crippen molar-refractivity contribution < 1.29 is 4.79 Å². The van der Waals surface area contributed by atoms with Crippen molar-refractivity contribution >= 4 is 17.7 Å². The molecular formula is C16H20N2OS. The first-order valence-electron chi connectivity index (χ1n) is 7.10. The zero-order valence-corrected chi connectivity index (χ0v) is 12.6. The van der Waals surface area contributed by atoms with Gasteiger partial charge in [-0.05, 0) is 31.9 Å². The first kappa shape index (κ1) is 14.9. The molecule has 1 aliphatic carbocycles. The molecule has 0 heterocycles. The van der Waals surface area contributed by atoms with Crippen LogP contribution >= 0.6 is 11.8 Å². The second-order valence-electron chi connectivity index (χ2n) is 5.32. The average molecular weight is 288 g/mol. The van der Waals surface area contributed by atoms with Gasteiger partial charge in [0.25, 0.3) is 0 Å². The minimum Gasteiger partial charge on any atom is -0.337 e. The van der Waals surface area contributed by atoms with E-state index in [0.29, 0.717) is 0 Å². The summed E-state index contributed by atoms with van der Waals surface area (Å²) >= 11 is 1.53. The first-order chi connectivity index (χ1) is 9.65. The molecule has 1 aliphatic rings. The van der Waals surface area contributed by atoms with E-state index in [9.17, 15) is 10.1 Å². The lowest BCUT2D eigenvalue weighted by Gasteiger charge is -2.32. The standard InChI is InChI=1S/C16H20N2OS/c1-13(20-14-8-4-2-5-9-14)15(19)18-16(12-17)10-6-3-7-11-16/h2,4-5,8-9,13H,3,6-7,10-11H2,1H3,(H,18,19)/t13-/m0/s1. The van der Waals surface area contributed by atoms with Crippen molar-refractivity contribution in [2.24, 2.45) is 0 Å². The van der Waals surface area contributed by atoms with Gasteiger partial charge in [-0.15, -0.1) is 11.8 Å². The molecule has 2 rings (SSSR count). The Bertz CT molecular complexity index is 489. The molecule has 0 spiro atoms. The van der Waals surface area contributed by atoms with Crippen molar-refractivity contribution in [1.29, 1.82) is 5.26 Å². The molecule has 106 valence electrons. The molecular weight excluding hydrogens is 268 g/mol. The number of nitrogens with zero attached hydrogens (tertiary/aromatic N) is 1. The summed E-state index contributed by atoms with van der Waals surface area (Å²) in [5.41, 5.74) is -0.638. The van der Waals surface area contributed by atoms with E-state index < -0.39 is 5.54 Å². The molecule has 1 atom stereocenters. The summed E-state index contributed by atoms with van der Waals surface area (Å²) < 4.78 is 0. The lowest BCUT2D eigenvalue weighted by Crippen LogP contribution is -2.50. The van der Waals surface area contributed by atoms with E-state index in [1.807, 2.05) is 37.3 Å². The minimum atomic E-state index is -0.638. The molecule has 4 heteroatoms. The van der Waals surface area contributed by atoms with Gasteiger partial charge in [-0.3, -0.25) is 4.79 Å². The third-order valence-corrected chi connectivity index (χ3v) is 4.82. The van der Waals surface area contributed by atoms with Crippen LogP contribution in [-0.2, 0) is 4.79 Å². The molecule has 20 heavy (non-hydrogen) atoms. The minimum absolute atomic E-state index is 0.0395. The number of hydrogen-bond acceptors (Lipinski definition) is 3. The van der Waals surface area contributed by atoms with Crippen molar-refractivity contribution in [3.63, 3.8) is 0 Å². The summed E-state index contributed by atoms with van der Waals surface area (Å²) in [7, 11) is 0. The lowest BCUT2D eigenvalue weighted by molar-refractivity contribution is -0.121. The molecule has 1 amide bonds. The van der Waals surface area contributed by atoms with Crippen molar-refractivity contribution in [3.05, 3.63) is 30.3 Å². The van der Waals surface area contributed by atoms with Crippen LogP contribution in [0.15, 0.2) is 35.2 Å².